The van der Waals surface area contributed by atoms with Gasteiger partial charge in [0.1, 0.15) is 0 Å². The van der Waals surface area contributed by atoms with E-state index in [1.54, 1.807) is 12.1 Å². The van der Waals surface area contributed by atoms with Gasteiger partial charge < -0.3 is 14.4 Å². The van der Waals surface area contributed by atoms with E-state index >= 15 is 0 Å². The molecule has 1 rings (SSSR count). The summed E-state index contributed by atoms with van der Waals surface area (Å²) >= 11 is 2.08. The summed E-state index contributed by atoms with van der Waals surface area (Å²) in [5.74, 6) is 4.80. The highest BCUT2D eigenvalue weighted by Crippen LogP contribution is 2.31. The molecule has 0 radical (unpaired) electrons. The van der Waals surface area contributed by atoms with E-state index in [1.165, 1.54) is 14.2 Å². The Morgan fingerprint density at radius 2 is 1.71 bits per heavy atom. The topological polar surface area (TPSA) is 38.8 Å². The molecule has 0 heterocycles. The number of alkyl halides is 3. The van der Waals surface area contributed by atoms with Crippen LogP contribution in [0.1, 0.15) is 5.56 Å². The van der Waals surface area contributed by atoms with Crippen molar-refractivity contribution < 1.29 is 27.4 Å². The molecule has 0 spiro atoms. The monoisotopic (exact) mass is 527 g/mol. The maximum Gasteiger partial charge on any atom is 0.471 e. The van der Waals surface area contributed by atoms with Crippen molar-refractivity contribution in [3.8, 4) is 23.3 Å². The third-order valence-electron chi connectivity index (χ3n) is 3.75. The van der Waals surface area contributed by atoms with Crippen LogP contribution in [-0.4, -0.2) is 52.4 Å². The fourth-order valence-electron chi connectivity index (χ4n) is 2.25. The lowest BCUT2D eigenvalue weighted by Crippen LogP contribution is -2.42. The number of hydrogen-bond donors (Lipinski definition) is 0. The molecular weight excluding hydrogens is 502 g/mol. The maximum atomic E-state index is 12.9. The Kier molecular flexibility index (Phi) is 9.14. The van der Waals surface area contributed by atoms with Gasteiger partial charge in [0.15, 0.2) is 11.5 Å². The Morgan fingerprint density at radius 1 is 1.14 bits per heavy atom. The van der Waals surface area contributed by atoms with Crippen molar-refractivity contribution in [2.45, 2.75) is 38.3 Å². The quantitative estimate of drug-likeness (QED) is 0.296. The number of amides is 1. The molecule has 4 nitrogen and oxygen atoms in total. The van der Waals surface area contributed by atoms with Crippen LogP contribution in [-0.2, 0) is 11.2 Å². The van der Waals surface area contributed by atoms with Gasteiger partial charge in [-0.25, -0.2) is 0 Å². The van der Waals surface area contributed by atoms with E-state index in [0.29, 0.717) is 17.5 Å². The molecule has 0 aromatic heterocycles. The van der Waals surface area contributed by atoms with E-state index in [0.717, 1.165) is 14.0 Å². The molecule has 28 heavy (non-hydrogen) atoms. The second kappa shape index (κ2) is 10.4. The summed E-state index contributed by atoms with van der Waals surface area (Å²) in [7, 11) is 1.58. The number of carbonyl (C=O) groups is 1. The summed E-state index contributed by atoms with van der Waals surface area (Å²) in [6, 6.07) is 4.14. The molecule has 1 amide bonds. The molecule has 0 bridgehead atoms. The smallest absolute Gasteiger partial charge is 0.471 e. The molecule has 0 aliphatic heterocycles. The van der Waals surface area contributed by atoms with Crippen molar-refractivity contribution in [2.24, 2.45) is 0 Å². The first-order valence-corrected chi connectivity index (χ1v) is 13.4. The molecule has 9 heteroatoms. The van der Waals surface area contributed by atoms with E-state index in [2.05, 4.69) is 54.1 Å². The van der Waals surface area contributed by atoms with Gasteiger partial charge in [0.05, 0.1) is 28.8 Å². The minimum Gasteiger partial charge on any atom is -0.493 e. The number of ether oxygens (including phenoxy) is 2. The van der Waals surface area contributed by atoms with Crippen LogP contribution in [0.2, 0.25) is 25.7 Å². The van der Waals surface area contributed by atoms with Crippen molar-refractivity contribution >= 4 is 36.6 Å². The summed E-state index contributed by atoms with van der Waals surface area (Å²) in [6.45, 7) is 6.04. The van der Waals surface area contributed by atoms with Crippen molar-refractivity contribution in [2.75, 3.05) is 27.3 Å². The molecule has 156 valence electrons. The van der Waals surface area contributed by atoms with Gasteiger partial charge >= 0.3 is 12.1 Å². The van der Waals surface area contributed by atoms with E-state index in [9.17, 15) is 18.0 Å². The number of halogens is 4. The van der Waals surface area contributed by atoms with Crippen molar-refractivity contribution in [3.05, 3.63) is 21.3 Å². The lowest BCUT2D eigenvalue weighted by molar-refractivity contribution is -0.184. The zero-order valence-corrected chi connectivity index (χ0v) is 19.8. The van der Waals surface area contributed by atoms with Crippen LogP contribution in [0, 0.1) is 15.4 Å². The molecule has 1 aromatic rings. The van der Waals surface area contributed by atoms with Gasteiger partial charge in [0.2, 0.25) is 0 Å². The third-order valence-corrected chi connectivity index (χ3v) is 5.99. The number of rotatable bonds is 7. The summed E-state index contributed by atoms with van der Waals surface area (Å²) in [4.78, 5) is 12.5. The highest BCUT2D eigenvalue weighted by molar-refractivity contribution is 14.1. The molecule has 1 aromatic carbocycles. The van der Waals surface area contributed by atoms with Crippen molar-refractivity contribution in [3.63, 3.8) is 0 Å². The van der Waals surface area contributed by atoms with Crippen molar-refractivity contribution in [1.29, 1.82) is 0 Å². The van der Waals surface area contributed by atoms with Gasteiger partial charge in [-0.05, 0) is 46.7 Å². The zero-order chi connectivity index (χ0) is 21.5. The zero-order valence-electron chi connectivity index (χ0n) is 16.7. The Hall–Kier alpha value is -1.41. The Bertz CT molecular complexity index is 752. The van der Waals surface area contributed by atoms with Gasteiger partial charge in [-0.2, -0.15) is 13.2 Å². The van der Waals surface area contributed by atoms with Gasteiger partial charge in [-0.3, -0.25) is 4.79 Å². The summed E-state index contributed by atoms with van der Waals surface area (Å²) in [5, 5.41) is 0. The van der Waals surface area contributed by atoms with Gasteiger partial charge in [-0.15, -0.1) is 5.92 Å². The van der Waals surface area contributed by atoms with Crippen LogP contribution >= 0.6 is 22.6 Å². The second-order valence-electron chi connectivity index (χ2n) is 7.36. The molecule has 0 fully saturated rings. The number of methoxy groups -OCH3 is 2. The Morgan fingerprint density at radius 3 is 2.21 bits per heavy atom. The predicted octanol–water partition coefficient (Wildman–Crippen LogP) is 4.58. The van der Waals surface area contributed by atoms with Crippen LogP contribution in [0.25, 0.3) is 0 Å². The maximum absolute atomic E-state index is 12.9. The van der Waals surface area contributed by atoms with E-state index in [1.807, 2.05) is 0 Å². The normalized spacial score (nSPS) is 11.5. The van der Waals surface area contributed by atoms with E-state index in [4.69, 9.17) is 9.47 Å². The highest BCUT2D eigenvalue weighted by Gasteiger charge is 2.42. The molecule has 0 aliphatic carbocycles. The predicted molar refractivity (Wildman–Crippen MR) is 115 cm³/mol. The highest BCUT2D eigenvalue weighted by atomic mass is 127. The second-order valence-corrected chi connectivity index (χ2v) is 14.0. The van der Waals surface area contributed by atoms with Crippen LogP contribution < -0.4 is 9.47 Å². The number of hydrogen-bond acceptors (Lipinski definition) is 3. The molecule has 0 saturated carbocycles. The lowest BCUT2D eigenvalue weighted by atomic mass is 10.1. The lowest BCUT2D eigenvalue weighted by Gasteiger charge is -2.22. The largest absolute Gasteiger partial charge is 0.493 e. The fourth-order valence-corrected chi connectivity index (χ4v) is 3.62. The first kappa shape index (κ1) is 24.6. The van der Waals surface area contributed by atoms with E-state index < -0.39 is 20.2 Å². The minimum atomic E-state index is -4.93. The first-order chi connectivity index (χ1) is 12.9. The van der Waals surface area contributed by atoms with Crippen molar-refractivity contribution in [1.82, 2.24) is 4.90 Å². The Labute approximate surface area is 178 Å². The molecular formula is C19H25F3INO3Si. The number of nitrogens with zero attached hydrogens (tertiary/aromatic N) is 1. The Balaban J connectivity index is 2.97. The fraction of sp³-hybridized carbons (Fsp3) is 0.526. The number of carbonyl (C=O) groups excluding carboxylic acids is 1. The molecule has 0 N–H and O–H groups in total. The first-order valence-electron chi connectivity index (χ1n) is 8.61. The van der Waals surface area contributed by atoms with Gasteiger partial charge in [-0.1, -0.05) is 25.6 Å². The average molecular weight is 527 g/mol. The summed E-state index contributed by atoms with van der Waals surface area (Å²) < 4.78 is 50.1. The SMILES string of the molecule is COc1cc(I)c(CCN(CC#CC[Si](C)(C)C)C(=O)C(F)(F)F)cc1OC. The molecule has 0 unspecified atom stereocenters. The molecule has 0 aliphatic rings. The van der Waals surface area contributed by atoms with Gasteiger partial charge in [0.25, 0.3) is 0 Å². The standard InChI is InChI=1S/C19H25F3INO3Si/c1-26-16-12-14(15(23)13-17(16)27-2)8-10-24(18(25)19(20,21)22)9-6-7-11-28(3,4)5/h12-13H,8-11H2,1-5H3. The van der Waals surface area contributed by atoms with Crippen LogP contribution in [0.15, 0.2) is 12.1 Å². The van der Waals surface area contributed by atoms with Crippen LogP contribution in [0.4, 0.5) is 13.2 Å². The number of benzene rings is 1. The molecule has 0 atom stereocenters. The van der Waals surface area contributed by atoms with Crippen LogP contribution in [0.5, 0.6) is 11.5 Å². The average Bonchev–Trinajstić information content (AvgIpc) is 2.59. The third kappa shape index (κ3) is 7.91. The summed E-state index contributed by atoms with van der Waals surface area (Å²) in [6.07, 6.45) is -4.68. The molecule has 0 saturated heterocycles. The van der Waals surface area contributed by atoms with Crippen LogP contribution in [0.3, 0.4) is 0 Å². The summed E-state index contributed by atoms with van der Waals surface area (Å²) in [5.41, 5.74) is 0.772. The minimum absolute atomic E-state index is 0.0918. The van der Waals surface area contributed by atoms with Gasteiger partial charge in [0, 0.05) is 16.2 Å². The van der Waals surface area contributed by atoms with E-state index in [-0.39, 0.29) is 19.5 Å².